The predicted molar refractivity (Wildman–Crippen MR) is 93.0 cm³/mol. The minimum atomic E-state index is -1.28. The summed E-state index contributed by atoms with van der Waals surface area (Å²) >= 11 is 1.60. The largest absolute Gasteiger partial charge is 0.453 e. The molecule has 0 radical (unpaired) electrons. The fourth-order valence-corrected chi connectivity index (χ4v) is 3.36. The first-order chi connectivity index (χ1) is 11.5. The van der Waals surface area contributed by atoms with Crippen LogP contribution in [0.3, 0.4) is 0 Å². The average molecular weight is 345 g/mol. The van der Waals surface area contributed by atoms with Gasteiger partial charge in [0, 0.05) is 35.2 Å². The highest BCUT2D eigenvalue weighted by Crippen LogP contribution is 2.27. The van der Waals surface area contributed by atoms with Crippen molar-refractivity contribution < 1.29 is 19.1 Å². The minimum absolute atomic E-state index is 0.0420. The summed E-state index contributed by atoms with van der Waals surface area (Å²) in [6, 6.07) is 7.61. The molecule has 1 aliphatic heterocycles. The summed E-state index contributed by atoms with van der Waals surface area (Å²) in [5.74, 6) is -2.78. The zero-order chi connectivity index (χ0) is 17.3. The Morgan fingerprint density at radius 2 is 2.08 bits per heavy atom. The maximum absolute atomic E-state index is 12.5. The highest BCUT2D eigenvalue weighted by Gasteiger charge is 2.47. The van der Waals surface area contributed by atoms with Crippen LogP contribution >= 0.6 is 11.8 Å². The van der Waals surface area contributed by atoms with E-state index in [1.807, 2.05) is 37.4 Å². The lowest BCUT2D eigenvalue weighted by atomic mass is 9.92. The van der Waals surface area contributed by atoms with Crippen molar-refractivity contribution in [3.63, 3.8) is 0 Å². The minimum Gasteiger partial charge on any atom is -0.453 e. The first-order valence-corrected chi connectivity index (χ1v) is 9.14. The van der Waals surface area contributed by atoms with Gasteiger partial charge in [-0.05, 0) is 17.9 Å². The number of ether oxygens (including phenoxy) is 1. The van der Waals surface area contributed by atoms with E-state index in [1.54, 1.807) is 18.0 Å². The third-order valence-electron chi connectivity index (χ3n) is 4.41. The number of H-pyrrole nitrogens is 1. The van der Waals surface area contributed by atoms with Crippen molar-refractivity contribution in [3.05, 3.63) is 36.0 Å². The number of aromatic amines is 1. The molecule has 2 aromatic rings. The molecule has 1 aliphatic rings. The van der Waals surface area contributed by atoms with Crippen LogP contribution in [0.4, 0.5) is 0 Å². The number of hydrogen-bond donors (Lipinski definition) is 1. The van der Waals surface area contributed by atoms with Gasteiger partial charge in [-0.25, -0.2) is 0 Å². The lowest BCUT2D eigenvalue weighted by Gasteiger charge is -2.12. The van der Waals surface area contributed by atoms with Crippen molar-refractivity contribution in [2.45, 2.75) is 31.1 Å². The third kappa shape index (κ3) is 3.11. The number of esters is 1. The van der Waals surface area contributed by atoms with Gasteiger partial charge >= 0.3 is 5.97 Å². The molecule has 2 heterocycles. The van der Waals surface area contributed by atoms with Gasteiger partial charge in [0.05, 0.1) is 0 Å². The van der Waals surface area contributed by atoms with Crippen LogP contribution in [0.2, 0.25) is 0 Å². The fraction of sp³-hybridized carbons (Fsp3) is 0.389. The van der Waals surface area contributed by atoms with Crippen molar-refractivity contribution in [3.8, 4) is 0 Å². The van der Waals surface area contributed by atoms with Crippen molar-refractivity contribution in [2.75, 3.05) is 6.26 Å². The van der Waals surface area contributed by atoms with Crippen molar-refractivity contribution in [1.82, 2.24) is 4.98 Å². The Bertz CT molecular complexity index is 797. The molecular weight excluding hydrogens is 326 g/mol. The SMILES string of the molecule is CSC(C)CC1OC(=O)C(C(=O)Cc2c[nH]c3ccccc23)C1=O. The number of hydrogen-bond acceptors (Lipinski definition) is 5. The first kappa shape index (κ1) is 16.8. The van der Waals surface area contributed by atoms with Crippen LogP contribution in [0.1, 0.15) is 18.9 Å². The number of benzene rings is 1. The number of Topliss-reactive ketones (excluding diaryl/α,β-unsaturated/α-hetero) is 2. The van der Waals surface area contributed by atoms with E-state index in [0.717, 1.165) is 16.5 Å². The van der Waals surface area contributed by atoms with E-state index < -0.39 is 29.6 Å². The first-order valence-electron chi connectivity index (χ1n) is 7.86. The molecule has 1 N–H and O–H groups in total. The molecule has 6 heteroatoms. The molecule has 0 amide bonds. The van der Waals surface area contributed by atoms with E-state index in [1.165, 1.54) is 0 Å². The normalized spacial score (nSPS) is 21.9. The number of para-hydroxylation sites is 1. The second-order valence-electron chi connectivity index (χ2n) is 6.05. The fourth-order valence-electron chi connectivity index (χ4n) is 2.99. The van der Waals surface area contributed by atoms with Crippen molar-refractivity contribution in [1.29, 1.82) is 0 Å². The van der Waals surface area contributed by atoms with E-state index in [-0.39, 0.29) is 11.7 Å². The average Bonchev–Trinajstić information content (AvgIpc) is 3.09. The molecule has 0 saturated carbocycles. The summed E-state index contributed by atoms with van der Waals surface area (Å²) in [7, 11) is 0. The summed E-state index contributed by atoms with van der Waals surface area (Å²) in [4.78, 5) is 40.1. The lowest BCUT2D eigenvalue weighted by Crippen LogP contribution is -2.30. The molecule has 1 aromatic heterocycles. The molecule has 1 fully saturated rings. The van der Waals surface area contributed by atoms with Crippen molar-refractivity contribution >= 4 is 40.2 Å². The number of nitrogens with one attached hydrogen (secondary N) is 1. The number of rotatable bonds is 6. The third-order valence-corrected chi connectivity index (χ3v) is 5.40. The van der Waals surface area contributed by atoms with Gasteiger partial charge in [-0.3, -0.25) is 14.4 Å². The smallest absolute Gasteiger partial charge is 0.325 e. The molecule has 0 aliphatic carbocycles. The van der Waals surface area contributed by atoms with Gasteiger partial charge in [0.15, 0.2) is 23.6 Å². The van der Waals surface area contributed by atoms with Gasteiger partial charge in [0.25, 0.3) is 0 Å². The van der Waals surface area contributed by atoms with Gasteiger partial charge in [0.1, 0.15) is 0 Å². The Hall–Kier alpha value is -2.08. The molecule has 0 spiro atoms. The summed E-state index contributed by atoms with van der Waals surface area (Å²) in [5.41, 5.74) is 1.71. The number of cyclic esters (lactones) is 1. The number of fused-ring (bicyclic) bond motifs is 1. The number of ketones is 2. The molecule has 1 saturated heterocycles. The second kappa shape index (κ2) is 6.81. The van der Waals surface area contributed by atoms with Crippen LogP contribution in [0.5, 0.6) is 0 Å². The summed E-state index contributed by atoms with van der Waals surface area (Å²) in [6.45, 7) is 1.97. The maximum atomic E-state index is 12.5. The molecule has 1 aromatic carbocycles. The lowest BCUT2D eigenvalue weighted by molar-refractivity contribution is -0.146. The predicted octanol–water partition coefficient (Wildman–Crippen LogP) is 2.53. The van der Waals surface area contributed by atoms with E-state index in [2.05, 4.69) is 4.98 Å². The number of aromatic nitrogens is 1. The van der Waals surface area contributed by atoms with Crippen LogP contribution < -0.4 is 0 Å². The van der Waals surface area contributed by atoms with Crippen LogP contribution in [-0.2, 0) is 25.5 Å². The van der Waals surface area contributed by atoms with E-state index in [9.17, 15) is 14.4 Å². The summed E-state index contributed by atoms with van der Waals surface area (Å²) in [6.07, 6.45) is 3.38. The van der Waals surface area contributed by atoms with Gasteiger partial charge in [-0.1, -0.05) is 25.1 Å². The van der Waals surface area contributed by atoms with Gasteiger partial charge in [-0.15, -0.1) is 0 Å². The quantitative estimate of drug-likeness (QED) is 0.643. The molecule has 126 valence electrons. The molecule has 0 bridgehead atoms. The van der Waals surface area contributed by atoms with Crippen molar-refractivity contribution in [2.24, 2.45) is 5.92 Å². The van der Waals surface area contributed by atoms with E-state index in [0.29, 0.717) is 6.42 Å². The van der Waals surface area contributed by atoms with Gasteiger partial charge in [0.2, 0.25) is 0 Å². The topological polar surface area (TPSA) is 76.2 Å². The van der Waals surface area contributed by atoms with Crippen LogP contribution in [0.25, 0.3) is 10.9 Å². The van der Waals surface area contributed by atoms with E-state index >= 15 is 0 Å². The Kier molecular flexibility index (Phi) is 4.76. The Morgan fingerprint density at radius 1 is 1.33 bits per heavy atom. The van der Waals surface area contributed by atoms with Crippen LogP contribution in [-0.4, -0.2) is 40.1 Å². The Morgan fingerprint density at radius 3 is 2.83 bits per heavy atom. The number of carbonyl (C=O) groups is 3. The maximum Gasteiger partial charge on any atom is 0.325 e. The Balaban J connectivity index is 1.75. The van der Waals surface area contributed by atoms with E-state index in [4.69, 9.17) is 4.74 Å². The highest BCUT2D eigenvalue weighted by molar-refractivity contribution is 7.99. The molecule has 5 nitrogen and oxygen atoms in total. The molecule has 3 unspecified atom stereocenters. The van der Waals surface area contributed by atoms with Gasteiger partial charge < -0.3 is 9.72 Å². The molecule has 3 rings (SSSR count). The zero-order valence-corrected chi connectivity index (χ0v) is 14.4. The molecule has 3 atom stereocenters. The number of carbonyl (C=O) groups excluding carboxylic acids is 3. The summed E-state index contributed by atoms with van der Waals surface area (Å²) < 4.78 is 5.16. The zero-order valence-electron chi connectivity index (χ0n) is 13.6. The molecule has 24 heavy (non-hydrogen) atoms. The number of thioether (sulfide) groups is 1. The monoisotopic (exact) mass is 345 g/mol. The highest BCUT2D eigenvalue weighted by atomic mass is 32.2. The second-order valence-corrected chi connectivity index (χ2v) is 7.32. The van der Waals surface area contributed by atoms with Crippen LogP contribution in [0, 0.1) is 5.92 Å². The van der Waals surface area contributed by atoms with Gasteiger partial charge in [-0.2, -0.15) is 11.8 Å². The molecular formula is C18H19NO4S. The Labute approximate surface area is 144 Å². The standard InChI is InChI=1S/C18H19NO4S/c1-10(24-2)7-15-17(21)16(18(22)23-15)14(20)8-11-9-19-13-6-4-3-5-12(11)13/h3-6,9-10,15-16,19H,7-8H2,1-2H3. The summed E-state index contributed by atoms with van der Waals surface area (Å²) in [5, 5.41) is 1.12. The van der Waals surface area contributed by atoms with Crippen LogP contribution in [0.15, 0.2) is 30.5 Å².